The summed E-state index contributed by atoms with van der Waals surface area (Å²) < 4.78 is 44.7. The average Bonchev–Trinajstić information content (AvgIpc) is 2.95. The number of hydrogen-bond acceptors (Lipinski definition) is 3. The minimum atomic E-state index is -4.47. The summed E-state index contributed by atoms with van der Waals surface area (Å²) in [6.45, 7) is 2.23. The minimum absolute atomic E-state index is 0.171. The molecule has 1 aromatic heterocycles. The van der Waals surface area contributed by atoms with Crippen LogP contribution in [-0.4, -0.2) is 28.8 Å². The summed E-state index contributed by atoms with van der Waals surface area (Å²) in [5.41, 5.74) is 0.455. The normalized spacial score (nSPS) is 16.9. The Morgan fingerprint density at radius 2 is 2.16 bits per heavy atom. The van der Waals surface area contributed by atoms with Crippen molar-refractivity contribution in [3.05, 3.63) is 47.3 Å². The molecule has 0 aliphatic carbocycles. The number of para-hydroxylation sites is 1. The smallest absolute Gasteiger partial charge is 0.435 e. The standard InChI is InChI=1S/C17H18F3N3O2/c1-11-8-15(17(18,19)20)22-23(11)7-6-21-16(24)13-9-12-4-2-3-5-14(12)25-10-13/h2-5,8,13H,6-7,9-10H2,1H3,(H,21,24). The van der Waals surface area contributed by atoms with Crippen LogP contribution in [0.5, 0.6) is 5.75 Å². The van der Waals surface area contributed by atoms with Gasteiger partial charge in [0.25, 0.3) is 0 Å². The molecular weight excluding hydrogens is 335 g/mol. The number of rotatable bonds is 4. The topological polar surface area (TPSA) is 56.2 Å². The van der Waals surface area contributed by atoms with E-state index < -0.39 is 11.9 Å². The number of alkyl halides is 3. The number of amides is 1. The molecule has 134 valence electrons. The van der Waals surface area contributed by atoms with Crippen LogP contribution in [-0.2, 0) is 23.9 Å². The third-order valence-corrected chi connectivity index (χ3v) is 4.14. The summed E-state index contributed by atoms with van der Waals surface area (Å²) >= 11 is 0. The molecule has 0 saturated heterocycles. The summed E-state index contributed by atoms with van der Waals surface area (Å²) in [4.78, 5) is 12.2. The maximum absolute atomic E-state index is 12.6. The van der Waals surface area contributed by atoms with Gasteiger partial charge in [-0.3, -0.25) is 9.48 Å². The molecule has 1 N–H and O–H groups in total. The van der Waals surface area contributed by atoms with Gasteiger partial charge in [0.15, 0.2) is 5.69 Å². The number of hydrogen-bond donors (Lipinski definition) is 1. The number of benzene rings is 1. The molecule has 0 spiro atoms. The monoisotopic (exact) mass is 353 g/mol. The Morgan fingerprint density at radius 1 is 1.40 bits per heavy atom. The number of carbonyl (C=O) groups excluding carboxylic acids is 1. The van der Waals surface area contributed by atoms with Crippen LogP contribution in [0, 0.1) is 12.8 Å². The van der Waals surface area contributed by atoms with E-state index in [0.717, 1.165) is 17.4 Å². The molecule has 0 radical (unpaired) electrons. The maximum Gasteiger partial charge on any atom is 0.435 e. The van der Waals surface area contributed by atoms with Gasteiger partial charge in [-0.25, -0.2) is 0 Å². The average molecular weight is 353 g/mol. The molecule has 2 aromatic rings. The number of nitrogens with zero attached hydrogens (tertiary/aromatic N) is 2. The summed E-state index contributed by atoms with van der Waals surface area (Å²) in [5, 5.41) is 6.28. The first-order valence-electron chi connectivity index (χ1n) is 7.94. The van der Waals surface area contributed by atoms with Crippen LogP contribution < -0.4 is 10.1 Å². The SMILES string of the molecule is Cc1cc(C(F)(F)F)nn1CCNC(=O)C1COc2ccccc2C1. The lowest BCUT2D eigenvalue weighted by Gasteiger charge is -2.24. The van der Waals surface area contributed by atoms with E-state index >= 15 is 0 Å². The number of ether oxygens (including phenoxy) is 1. The molecule has 2 heterocycles. The highest BCUT2D eigenvalue weighted by Crippen LogP contribution is 2.28. The van der Waals surface area contributed by atoms with Crippen LogP contribution in [0.3, 0.4) is 0 Å². The molecule has 0 saturated carbocycles. The van der Waals surface area contributed by atoms with Gasteiger partial charge in [-0.05, 0) is 31.0 Å². The first kappa shape index (κ1) is 17.3. The van der Waals surface area contributed by atoms with Crippen molar-refractivity contribution < 1.29 is 22.7 Å². The predicted octanol–water partition coefficient (Wildman–Crippen LogP) is 2.58. The van der Waals surface area contributed by atoms with Crippen molar-refractivity contribution in [1.29, 1.82) is 0 Å². The third kappa shape index (κ3) is 3.94. The van der Waals surface area contributed by atoms with E-state index in [2.05, 4.69) is 10.4 Å². The molecule has 0 fully saturated rings. The van der Waals surface area contributed by atoms with Crippen molar-refractivity contribution in [2.75, 3.05) is 13.2 Å². The number of carbonyl (C=O) groups is 1. The number of aromatic nitrogens is 2. The fourth-order valence-electron chi connectivity index (χ4n) is 2.80. The number of aryl methyl sites for hydroxylation is 1. The highest BCUT2D eigenvalue weighted by Gasteiger charge is 2.34. The molecule has 3 rings (SSSR count). The Morgan fingerprint density at radius 3 is 2.88 bits per heavy atom. The second-order valence-electron chi connectivity index (χ2n) is 6.00. The highest BCUT2D eigenvalue weighted by atomic mass is 19.4. The lowest BCUT2D eigenvalue weighted by Crippen LogP contribution is -2.38. The van der Waals surface area contributed by atoms with Gasteiger partial charge in [-0.2, -0.15) is 18.3 Å². The number of fused-ring (bicyclic) bond motifs is 1. The lowest BCUT2D eigenvalue weighted by molar-refractivity contribution is -0.141. The molecule has 5 nitrogen and oxygen atoms in total. The van der Waals surface area contributed by atoms with Crippen LogP contribution in [0.4, 0.5) is 13.2 Å². The minimum Gasteiger partial charge on any atom is -0.492 e. The van der Waals surface area contributed by atoms with Crippen molar-refractivity contribution >= 4 is 5.91 Å². The van der Waals surface area contributed by atoms with E-state index in [1.165, 1.54) is 4.68 Å². The molecule has 25 heavy (non-hydrogen) atoms. The second-order valence-corrected chi connectivity index (χ2v) is 6.00. The van der Waals surface area contributed by atoms with Crippen molar-refractivity contribution in [3.8, 4) is 5.75 Å². The van der Waals surface area contributed by atoms with Gasteiger partial charge in [0.1, 0.15) is 12.4 Å². The van der Waals surface area contributed by atoms with Gasteiger partial charge in [0.05, 0.1) is 12.5 Å². The lowest BCUT2D eigenvalue weighted by atomic mass is 9.96. The van der Waals surface area contributed by atoms with E-state index in [4.69, 9.17) is 4.74 Å². The second kappa shape index (κ2) is 6.78. The molecular formula is C17H18F3N3O2. The quantitative estimate of drug-likeness (QED) is 0.919. The zero-order valence-electron chi connectivity index (χ0n) is 13.6. The van der Waals surface area contributed by atoms with Gasteiger partial charge in [0.2, 0.25) is 5.91 Å². The Bertz CT molecular complexity index is 771. The molecule has 0 bridgehead atoms. The van der Waals surface area contributed by atoms with Gasteiger partial charge in [-0.15, -0.1) is 0 Å². The Hall–Kier alpha value is -2.51. The van der Waals surface area contributed by atoms with Crippen LogP contribution in [0.1, 0.15) is 17.0 Å². The third-order valence-electron chi connectivity index (χ3n) is 4.14. The highest BCUT2D eigenvalue weighted by molar-refractivity contribution is 5.79. The van der Waals surface area contributed by atoms with E-state index in [1.807, 2.05) is 24.3 Å². The summed E-state index contributed by atoms with van der Waals surface area (Å²) in [7, 11) is 0. The molecule has 1 aliphatic rings. The van der Waals surface area contributed by atoms with Crippen LogP contribution in [0.15, 0.2) is 30.3 Å². The first-order chi connectivity index (χ1) is 11.8. The van der Waals surface area contributed by atoms with Crippen molar-refractivity contribution in [3.63, 3.8) is 0 Å². The maximum atomic E-state index is 12.6. The van der Waals surface area contributed by atoms with Crippen molar-refractivity contribution in [1.82, 2.24) is 15.1 Å². The van der Waals surface area contributed by atoms with Gasteiger partial charge >= 0.3 is 6.18 Å². The molecule has 1 unspecified atom stereocenters. The molecule has 1 amide bonds. The van der Waals surface area contributed by atoms with Crippen LogP contribution in [0.25, 0.3) is 0 Å². The molecule has 1 atom stereocenters. The molecule has 1 aliphatic heterocycles. The predicted molar refractivity (Wildman–Crippen MR) is 84.1 cm³/mol. The number of nitrogens with one attached hydrogen (secondary N) is 1. The molecule has 1 aromatic carbocycles. The van der Waals surface area contributed by atoms with Gasteiger partial charge < -0.3 is 10.1 Å². The van der Waals surface area contributed by atoms with E-state index in [-0.39, 0.29) is 24.9 Å². The summed E-state index contributed by atoms with van der Waals surface area (Å²) in [6, 6.07) is 8.54. The Balaban J connectivity index is 1.53. The Kier molecular flexibility index (Phi) is 4.69. The fraction of sp³-hybridized carbons (Fsp3) is 0.412. The van der Waals surface area contributed by atoms with Crippen LogP contribution >= 0.6 is 0 Å². The number of halogens is 3. The zero-order chi connectivity index (χ0) is 18.0. The Labute approximate surface area is 142 Å². The largest absolute Gasteiger partial charge is 0.492 e. The fourth-order valence-corrected chi connectivity index (χ4v) is 2.80. The van der Waals surface area contributed by atoms with Gasteiger partial charge in [-0.1, -0.05) is 18.2 Å². The van der Waals surface area contributed by atoms with Gasteiger partial charge in [0, 0.05) is 12.2 Å². The zero-order valence-corrected chi connectivity index (χ0v) is 13.6. The van der Waals surface area contributed by atoms with Crippen molar-refractivity contribution in [2.24, 2.45) is 5.92 Å². The first-order valence-corrected chi connectivity index (χ1v) is 7.94. The van der Waals surface area contributed by atoms with E-state index in [0.29, 0.717) is 18.7 Å². The summed E-state index contributed by atoms with van der Waals surface area (Å²) in [6.07, 6.45) is -3.88. The van der Waals surface area contributed by atoms with E-state index in [1.54, 1.807) is 6.92 Å². The van der Waals surface area contributed by atoms with E-state index in [9.17, 15) is 18.0 Å². The summed E-state index contributed by atoms with van der Waals surface area (Å²) in [5.74, 6) is 0.313. The van der Waals surface area contributed by atoms with Crippen LogP contribution in [0.2, 0.25) is 0 Å². The molecule has 8 heteroatoms. The van der Waals surface area contributed by atoms with Crippen molar-refractivity contribution in [2.45, 2.75) is 26.1 Å².